The predicted molar refractivity (Wildman–Crippen MR) is 107 cm³/mol. The molecule has 3 heterocycles. The van der Waals surface area contributed by atoms with E-state index in [0.29, 0.717) is 23.9 Å². The van der Waals surface area contributed by atoms with Gasteiger partial charge in [0.2, 0.25) is 0 Å². The standard InChI is InChI=1S/C22H27F3N4O/c1-14(17-7-8-20(26-11-17)22(23,24)25)29-15(2)27-19-9-10-28(13-18(19)21(29)30)12-16-5-3-4-6-16/h7-8,11,14,16H,3-6,9-10,12-13H2,1-2H3. The number of hydrogen-bond acceptors (Lipinski definition) is 4. The topological polar surface area (TPSA) is 51.0 Å². The molecule has 1 fully saturated rings. The van der Waals surface area contributed by atoms with E-state index < -0.39 is 17.9 Å². The van der Waals surface area contributed by atoms with Gasteiger partial charge in [-0.05, 0) is 44.2 Å². The highest BCUT2D eigenvalue weighted by Crippen LogP contribution is 2.29. The van der Waals surface area contributed by atoms with Crippen molar-refractivity contribution in [2.45, 2.75) is 64.7 Å². The van der Waals surface area contributed by atoms with Crippen molar-refractivity contribution in [1.82, 2.24) is 19.4 Å². The molecule has 0 amide bonds. The van der Waals surface area contributed by atoms with Crippen LogP contribution in [0, 0.1) is 12.8 Å². The van der Waals surface area contributed by atoms with Crippen LogP contribution in [-0.4, -0.2) is 32.5 Å². The summed E-state index contributed by atoms with van der Waals surface area (Å²) in [7, 11) is 0. The fourth-order valence-electron chi connectivity index (χ4n) is 4.80. The molecule has 1 unspecified atom stereocenters. The summed E-state index contributed by atoms with van der Waals surface area (Å²) in [6.07, 6.45) is 2.59. The molecular formula is C22H27F3N4O. The number of pyridine rings is 1. The lowest BCUT2D eigenvalue weighted by molar-refractivity contribution is -0.141. The van der Waals surface area contributed by atoms with Crippen LogP contribution < -0.4 is 5.56 Å². The number of aryl methyl sites for hydroxylation is 1. The van der Waals surface area contributed by atoms with Gasteiger partial charge in [0, 0.05) is 32.3 Å². The third-order valence-electron chi connectivity index (χ3n) is 6.45. The summed E-state index contributed by atoms with van der Waals surface area (Å²) in [6.45, 7) is 6.10. The van der Waals surface area contributed by atoms with Gasteiger partial charge in [-0.3, -0.25) is 19.2 Å². The number of rotatable bonds is 4. The maximum atomic E-state index is 13.4. The van der Waals surface area contributed by atoms with Gasteiger partial charge in [0.25, 0.3) is 5.56 Å². The lowest BCUT2D eigenvalue weighted by Crippen LogP contribution is -2.41. The maximum absolute atomic E-state index is 13.4. The summed E-state index contributed by atoms with van der Waals surface area (Å²) in [4.78, 5) is 23.9. The van der Waals surface area contributed by atoms with E-state index in [9.17, 15) is 18.0 Å². The molecule has 162 valence electrons. The molecule has 0 saturated heterocycles. The minimum absolute atomic E-state index is 0.0963. The molecule has 30 heavy (non-hydrogen) atoms. The Bertz CT molecular complexity index is 962. The van der Waals surface area contributed by atoms with Crippen molar-refractivity contribution in [2.75, 3.05) is 13.1 Å². The minimum atomic E-state index is -4.48. The molecular weight excluding hydrogens is 393 g/mol. The van der Waals surface area contributed by atoms with E-state index in [4.69, 9.17) is 0 Å². The molecule has 0 radical (unpaired) electrons. The Labute approximate surface area is 174 Å². The van der Waals surface area contributed by atoms with Gasteiger partial charge in [-0.25, -0.2) is 4.98 Å². The van der Waals surface area contributed by atoms with Gasteiger partial charge in [0.1, 0.15) is 11.5 Å². The van der Waals surface area contributed by atoms with Crippen molar-refractivity contribution in [3.63, 3.8) is 0 Å². The molecule has 0 spiro atoms. The molecule has 1 saturated carbocycles. The van der Waals surface area contributed by atoms with Crippen LogP contribution in [0.2, 0.25) is 0 Å². The second-order valence-corrected chi connectivity index (χ2v) is 8.55. The fraction of sp³-hybridized carbons (Fsp3) is 0.591. The number of nitrogens with zero attached hydrogens (tertiary/aromatic N) is 4. The van der Waals surface area contributed by atoms with Gasteiger partial charge < -0.3 is 0 Å². The van der Waals surface area contributed by atoms with E-state index in [1.54, 1.807) is 18.4 Å². The van der Waals surface area contributed by atoms with Crippen LogP contribution in [0.4, 0.5) is 13.2 Å². The average Bonchev–Trinajstić information content (AvgIpc) is 3.21. The van der Waals surface area contributed by atoms with Crippen molar-refractivity contribution in [3.8, 4) is 0 Å². The van der Waals surface area contributed by atoms with Crippen LogP contribution in [0.1, 0.15) is 67.0 Å². The number of fused-ring (bicyclic) bond motifs is 1. The molecule has 1 atom stereocenters. The lowest BCUT2D eigenvalue weighted by Gasteiger charge is -2.31. The molecule has 2 aromatic rings. The Hall–Kier alpha value is -2.22. The van der Waals surface area contributed by atoms with Crippen LogP contribution in [0.25, 0.3) is 0 Å². The summed E-state index contributed by atoms with van der Waals surface area (Å²) >= 11 is 0. The van der Waals surface area contributed by atoms with Gasteiger partial charge in [0.05, 0.1) is 17.3 Å². The molecule has 2 aliphatic rings. The summed E-state index contributed by atoms with van der Waals surface area (Å²) < 4.78 is 40.0. The normalized spacial score (nSPS) is 19.1. The van der Waals surface area contributed by atoms with Crippen molar-refractivity contribution in [1.29, 1.82) is 0 Å². The Morgan fingerprint density at radius 2 is 1.97 bits per heavy atom. The van der Waals surface area contributed by atoms with Gasteiger partial charge in [-0.1, -0.05) is 18.9 Å². The monoisotopic (exact) mass is 420 g/mol. The van der Waals surface area contributed by atoms with Crippen molar-refractivity contribution in [3.05, 3.63) is 57.0 Å². The van der Waals surface area contributed by atoms with Gasteiger partial charge in [0.15, 0.2) is 0 Å². The van der Waals surface area contributed by atoms with Crippen molar-refractivity contribution in [2.24, 2.45) is 5.92 Å². The van der Waals surface area contributed by atoms with Gasteiger partial charge >= 0.3 is 6.18 Å². The number of hydrogen-bond donors (Lipinski definition) is 0. The zero-order valence-corrected chi connectivity index (χ0v) is 17.4. The Balaban J connectivity index is 1.60. The molecule has 1 aliphatic heterocycles. The number of aromatic nitrogens is 3. The molecule has 0 bridgehead atoms. The van der Waals surface area contributed by atoms with E-state index in [1.165, 1.54) is 37.9 Å². The zero-order valence-electron chi connectivity index (χ0n) is 17.4. The third-order valence-corrected chi connectivity index (χ3v) is 6.45. The maximum Gasteiger partial charge on any atom is 0.433 e. The Kier molecular flexibility index (Phi) is 5.70. The fourth-order valence-corrected chi connectivity index (χ4v) is 4.80. The first kappa shape index (κ1) is 21.0. The van der Waals surface area contributed by atoms with E-state index >= 15 is 0 Å². The molecule has 2 aromatic heterocycles. The van der Waals surface area contributed by atoms with Crippen LogP contribution in [0.3, 0.4) is 0 Å². The highest BCUT2D eigenvalue weighted by molar-refractivity contribution is 5.25. The first-order valence-corrected chi connectivity index (χ1v) is 10.6. The van der Waals surface area contributed by atoms with Gasteiger partial charge in [-0.2, -0.15) is 13.2 Å². The van der Waals surface area contributed by atoms with Gasteiger partial charge in [-0.15, -0.1) is 0 Å². The lowest BCUT2D eigenvalue weighted by atomic mass is 10.0. The van der Waals surface area contributed by atoms with Crippen molar-refractivity contribution < 1.29 is 13.2 Å². The third kappa shape index (κ3) is 4.15. The number of alkyl halides is 3. The largest absolute Gasteiger partial charge is 0.433 e. The van der Waals surface area contributed by atoms with Crippen LogP contribution in [-0.2, 0) is 19.1 Å². The highest BCUT2D eigenvalue weighted by atomic mass is 19.4. The summed E-state index contributed by atoms with van der Waals surface area (Å²) in [5, 5.41) is 0. The van der Waals surface area contributed by atoms with E-state index in [-0.39, 0.29) is 5.56 Å². The second kappa shape index (κ2) is 8.13. The van der Waals surface area contributed by atoms with E-state index in [0.717, 1.165) is 36.8 Å². The highest BCUT2D eigenvalue weighted by Gasteiger charge is 2.32. The van der Waals surface area contributed by atoms with E-state index in [2.05, 4.69) is 14.9 Å². The summed E-state index contributed by atoms with van der Waals surface area (Å²) in [6, 6.07) is 1.90. The molecule has 1 aliphatic carbocycles. The van der Waals surface area contributed by atoms with E-state index in [1.807, 2.05) is 0 Å². The molecule has 0 aromatic carbocycles. The van der Waals surface area contributed by atoms with Crippen LogP contribution in [0.15, 0.2) is 23.1 Å². The average molecular weight is 420 g/mol. The zero-order chi connectivity index (χ0) is 21.5. The Morgan fingerprint density at radius 1 is 1.23 bits per heavy atom. The molecule has 8 heteroatoms. The van der Waals surface area contributed by atoms with Crippen molar-refractivity contribution >= 4 is 0 Å². The SMILES string of the molecule is Cc1nc2c(c(=O)n1C(C)c1ccc(C(F)(F)F)nc1)CN(CC1CCCC1)CC2. The first-order chi connectivity index (χ1) is 14.2. The molecule has 5 nitrogen and oxygen atoms in total. The summed E-state index contributed by atoms with van der Waals surface area (Å²) in [5.41, 5.74) is 1.09. The second-order valence-electron chi connectivity index (χ2n) is 8.55. The smallest absolute Gasteiger partial charge is 0.298 e. The quantitative estimate of drug-likeness (QED) is 0.747. The molecule has 0 N–H and O–H groups in total. The van der Waals surface area contributed by atoms with Crippen LogP contribution in [0.5, 0.6) is 0 Å². The predicted octanol–water partition coefficient (Wildman–Crippen LogP) is 4.12. The summed E-state index contributed by atoms with van der Waals surface area (Å²) in [5.74, 6) is 1.29. The minimum Gasteiger partial charge on any atom is -0.298 e. The Morgan fingerprint density at radius 3 is 2.60 bits per heavy atom. The number of halogens is 3. The molecule has 4 rings (SSSR count). The van der Waals surface area contributed by atoms with Crippen LogP contribution >= 0.6 is 0 Å². The first-order valence-electron chi connectivity index (χ1n) is 10.6.